The van der Waals surface area contributed by atoms with E-state index in [-0.39, 0.29) is 13.0 Å². The van der Waals surface area contributed by atoms with Crippen molar-refractivity contribution < 1.29 is 27.8 Å². The summed E-state index contributed by atoms with van der Waals surface area (Å²) in [5.41, 5.74) is 0. The predicted octanol–water partition coefficient (Wildman–Crippen LogP) is 2.56. The molecule has 0 aliphatic heterocycles. The minimum absolute atomic E-state index is 0.0696. The highest BCUT2D eigenvalue weighted by Crippen LogP contribution is 2.16. The highest BCUT2D eigenvalue weighted by Gasteiger charge is 2.28. The van der Waals surface area contributed by atoms with Crippen LogP contribution in [0.4, 0.5) is 13.2 Å². The quantitative estimate of drug-likeness (QED) is 0.662. The molecule has 0 aliphatic rings. The molecule has 14 heavy (non-hydrogen) atoms. The molecule has 0 spiro atoms. The molecule has 0 aromatic heterocycles. The van der Waals surface area contributed by atoms with Crippen molar-refractivity contribution in [3.63, 3.8) is 0 Å². The molecule has 0 saturated heterocycles. The Morgan fingerprint density at radius 1 is 1.14 bits per heavy atom. The SMILES string of the molecule is O=C(O)CCCCCCOC(F)(F)F. The van der Waals surface area contributed by atoms with E-state index < -0.39 is 12.3 Å². The lowest BCUT2D eigenvalue weighted by molar-refractivity contribution is -0.324. The molecule has 0 unspecified atom stereocenters. The third kappa shape index (κ3) is 11.2. The lowest BCUT2D eigenvalue weighted by Gasteiger charge is -2.06. The second-order valence-corrected chi connectivity index (χ2v) is 2.85. The Morgan fingerprint density at radius 3 is 2.21 bits per heavy atom. The maximum atomic E-state index is 11.4. The van der Waals surface area contributed by atoms with Gasteiger partial charge < -0.3 is 5.11 Å². The van der Waals surface area contributed by atoms with E-state index in [0.29, 0.717) is 25.7 Å². The monoisotopic (exact) mass is 214 g/mol. The average molecular weight is 214 g/mol. The van der Waals surface area contributed by atoms with Gasteiger partial charge in [-0.25, -0.2) is 0 Å². The summed E-state index contributed by atoms with van der Waals surface area (Å²) < 4.78 is 37.9. The fourth-order valence-electron chi connectivity index (χ4n) is 0.920. The molecule has 0 rings (SSSR count). The van der Waals surface area contributed by atoms with Gasteiger partial charge in [-0.15, -0.1) is 13.2 Å². The number of unbranched alkanes of at least 4 members (excludes halogenated alkanes) is 3. The van der Waals surface area contributed by atoms with Crippen LogP contribution in [-0.4, -0.2) is 24.0 Å². The van der Waals surface area contributed by atoms with Crippen molar-refractivity contribution in [1.82, 2.24) is 0 Å². The van der Waals surface area contributed by atoms with Crippen LogP contribution in [0.25, 0.3) is 0 Å². The number of rotatable bonds is 7. The minimum Gasteiger partial charge on any atom is -0.481 e. The van der Waals surface area contributed by atoms with Crippen LogP contribution < -0.4 is 0 Å². The molecule has 1 N–H and O–H groups in total. The molecule has 0 radical (unpaired) electrons. The first kappa shape index (κ1) is 13.2. The molecule has 6 heteroatoms. The van der Waals surface area contributed by atoms with Crippen molar-refractivity contribution in [2.24, 2.45) is 0 Å². The number of hydrogen-bond donors (Lipinski definition) is 1. The van der Waals surface area contributed by atoms with E-state index in [2.05, 4.69) is 4.74 Å². The Bertz CT molecular complexity index is 168. The lowest BCUT2D eigenvalue weighted by Crippen LogP contribution is -2.13. The molecule has 84 valence electrons. The molecule has 0 atom stereocenters. The van der Waals surface area contributed by atoms with E-state index in [0.717, 1.165) is 0 Å². The number of halogens is 3. The molecular formula is C8H13F3O3. The number of carboxylic acid groups (broad SMARTS) is 1. The topological polar surface area (TPSA) is 46.5 Å². The zero-order chi connectivity index (χ0) is 11.0. The maximum Gasteiger partial charge on any atom is 0.522 e. The second kappa shape index (κ2) is 6.64. The van der Waals surface area contributed by atoms with Crippen LogP contribution in [-0.2, 0) is 9.53 Å². The van der Waals surface area contributed by atoms with Gasteiger partial charge in [-0.3, -0.25) is 9.53 Å². The molecule has 0 saturated carbocycles. The average Bonchev–Trinajstić information content (AvgIpc) is 2.00. The van der Waals surface area contributed by atoms with Crippen LogP contribution in [0, 0.1) is 0 Å². The van der Waals surface area contributed by atoms with Gasteiger partial charge in [0.05, 0.1) is 6.61 Å². The number of hydrogen-bond acceptors (Lipinski definition) is 2. The first-order valence-corrected chi connectivity index (χ1v) is 4.34. The predicted molar refractivity (Wildman–Crippen MR) is 42.7 cm³/mol. The Kier molecular flexibility index (Phi) is 6.27. The van der Waals surface area contributed by atoms with E-state index in [4.69, 9.17) is 5.11 Å². The van der Waals surface area contributed by atoms with Crippen molar-refractivity contribution >= 4 is 5.97 Å². The number of carboxylic acids is 1. The normalized spacial score (nSPS) is 11.6. The van der Waals surface area contributed by atoms with Gasteiger partial charge in [0.25, 0.3) is 0 Å². The lowest BCUT2D eigenvalue weighted by atomic mass is 10.1. The largest absolute Gasteiger partial charge is 0.522 e. The summed E-state index contributed by atoms with van der Waals surface area (Å²) in [5.74, 6) is -0.878. The third-order valence-electron chi connectivity index (χ3n) is 1.55. The first-order valence-electron chi connectivity index (χ1n) is 4.34. The van der Waals surface area contributed by atoms with Crippen LogP contribution in [0.5, 0.6) is 0 Å². The fourth-order valence-corrected chi connectivity index (χ4v) is 0.920. The summed E-state index contributed by atoms with van der Waals surface area (Å²) in [6.07, 6.45) is -2.50. The van der Waals surface area contributed by atoms with Crippen LogP contribution in [0.2, 0.25) is 0 Å². The number of carbonyl (C=O) groups is 1. The standard InChI is InChI=1S/C8H13F3O3/c9-8(10,11)14-6-4-2-1-3-5-7(12)13/h1-6H2,(H,12,13). The summed E-state index contributed by atoms with van der Waals surface area (Å²) >= 11 is 0. The molecular weight excluding hydrogens is 201 g/mol. The third-order valence-corrected chi connectivity index (χ3v) is 1.55. The Morgan fingerprint density at radius 2 is 1.71 bits per heavy atom. The number of aliphatic carboxylic acids is 1. The summed E-state index contributed by atoms with van der Waals surface area (Å²) in [4.78, 5) is 10.0. The van der Waals surface area contributed by atoms with Crippen molar-refractivity contribution in [3.05, 3.63) is 0 Å². The van der Waals surface area contributed by atoms with Crippen molar-refractivity contribution in [1.29, 1.82) is 0 Å². The van der Waals surface area contributed by atoms with Gasteiger partial charge in [-0.1, -0.05) is 12.8 Å². The zero-order valence-corrected chi connectivity index (χ0v) is 7.64. The van der Waals surface area contributed by atoms with Gasteiger partial charge in [0.15, 0.2) is 0 Å². The summed E-state index contributed by atoms with van der Waals surface area (Å²) in [7, 11) is 0. The number of alkyl halides is 3. The van der Waals surface area contributed by atoms with Crippen LogP contribution in [0.3, 0.4) is 0 Å². The van der Waals surface area contributed by atoms with Gasteiger partial charge in [-0.05, 0) is 12.8 Å². The van der Waals surface area contributed by atoms with Gasteiger partial charge in [0.2, 0.25) is 0 Å². The van der Waals surface area contributed by atoms with Gasteiger partial charge in [0.1, 0.15) is 0 Å². The minimum atomic E-state index is -4.55. The van der Waals surface area contributed by atoms with E-state index in [1.807, 2.05) is 0 Å². The molecule has 0 heterocycles. The Hall–Kier alpha value is -0.780. The summed E-state index contributed by atoms with van der Waals surface area (Å²) in [6, 6.07) is 0. The van der Waals surface area contributed by atoms with Crippen molar-refractivity contribution in [3.8, 4) is 0 Å². The Balaban J connectivity index is 3.11. The number of ether oxygens (including phenoxy) is 1. The molecule has 3 nitrogen and oxygen atoms in total. The second-order valence-electron chi connectivity index (χ2n) is 2.85. The van der Waals surface area contributed by atoms with Crippen LogP contribution >= 0.6 is 0 Å². The van der Waals surface area contributed by atoms with Crippen LogP contribution in [0.15, 0.2) is 0 Å². The first-order chi connectivity index (χ1) is 6.42. The van der Waals surface area contributed by atoms with Crippen LogP contribution in [0.1, 0.15) is 32.1 Å². The van der Waals surface area contributed by atoms with E-state index in [1.165, 1.54) is 0 Å². The Labute approximate surface area is 79.9 Å². The van der Waals surface area contributed by atoms with E-state index in [1.54, 1.807) is 0 Å². The molecule has 0 fully saturated rings. The molecule has 0 bridgehead atoms. The molecule has 0 aromatic rings. The summed E-state index contributed by atoms with van der Waals surface area (Å²) in [5, 5.41) is 8.25. The van der Waals surface area contributed by atoms with Gasteiger partial charge in [-0.2, -0.15) is 0 Å². The van der Waals surface area contributed by atoms with Gasteiger partial charge >= 0.3 is 12.3 Å². The molecule has 0 amide bonds. The van der Waals surface area contributed by atoms with Gasteiger partial charge in [0, 0.05) is 6.42 Å². The van der Waals surface area contributed by atoms with E-state index >= 15 is 0 Å². The maximum absolute atomic E-state index is 11.4. The molecule has 0 aliphatic carbocycles. The highest BCUT2D eigenvalue weighted by atomic mass is 19.4. The van der Waals surface area contributed by atoms with Crippen molar-refractivity contribution in [2.45, 2.75) is 38.5 Å². The summed E-state index contributed by atoms with van der Waals surface area (Å²) in [6.45, 7) is -0.351. The van der Waals surface area contributed by atoms with Crippen molar-refractivity contribution in [2.75, 3.05) is 6.61 Å². The fraction of sp³-hybridized carbons (Fsp3) is 0.875. The van der Waals surface area contributed by atoms with E-state index in [9.17, 15) is 18.0 Å². The zero-order valence-electron chi connectivity index (χ0n) is 7.64. The highest BCUT2D eigenvalue weighted by molar-refractivity contribution is 5.66. The smallest absolute Gasteiger partial charge is 0.481 e. The molecule has 0 aromatic carbocycles.